The van der Waals surface area contributed by atoms with Crippen LogP contribution >= 0.6 is 16.3 Å². The van der Waals surface area contributed by atoms with Crippen LogP contribution in [-0.4, -0.2) is 31.1 Å². The molecule has 0 radical (unpaired) electrons. The zero-order valence-corrected chi connectivity index (χ0v) is 15.7. The first-order valence-corrected chi connectivity index (χ1v) is 8.31. The number of carbonyl (C=O) groups is 2. The molecule has 0 aliphatic rings. The molecule has 1 aromatic carbocycles. The van der Waals surface area contributed by atoms with Gasteiger partial charge in [-0.2, -0.15) is 0 Å². The topological polar surface area (TPSA) is 93.5 Å². The minimum atomic E-state index is -0.836. The van der Waals surface area contributed by atoms with Crippen LogP contribution in [0.3, 0.4) is 0 Å². The highest BCUT2D eigenvalue weighted by Crippen LogP contribution is 2.14. The first-order chi connectivity index (χ1) is 11.7. The molecule has 0 heterocycles. The van der Waals surface area contributed by atoms with Gasteiger partial charge < -0.3 is 20.2 Å². The summed E-state index contributed by atoms with van der Waals surface area (Å²) < 4.78 is 31.4. The summed E-state index contributed by atoms with van der Waals surface area (Å²) in [7, 11) is 0. The SMILES string of the molecule is CC(C)(CN)CNC(=O)CC(Cc1cc(F)ccc1F)NC(=O)OBr. The lowest BCUT2D eigenvalue weighted by atomic mass is 9.93. The monoisotopic (exact) mass is 421 g/mol. The standard InChI is InChI=1S/C16H22BrF2N3O3/c1-16(2,8-20)9-21-14(23)7-12(22-15(24)25-17)6-10-5-11(18)3-4-13(10)19/h3-5,12H,6-9,20H2,1-2H3,(H,21,23)(H,22,24). The second-order valence-electron chi connectivity index (χ2n) is 6.49. The van der Waals surface area contributed by atoms with Gasteiger partial charge in [0.1, 0.15) is 11.6 Å². The van der Waals surface area contributed by atoms with E-state index in [1.54, 1.807) is 0 Å². The van der Waals surface area contributed by atoms with Crippen LogP contribution in [-0.2, 0) is 15.0 Å². The smallest absolute Gasteiger partial charge is 0.367 e. The van der Waals surface area contributed by atoms with Gasteiger partial charge in [0.2, 0.25) is 5.91 Å². The van der Waals surface area contributed by atoms with Crippen LogP contribution in [0.15, 0.2) is 18.2 Å². The molecule has 0 aliphatic heterocycles. The first-order valence-electron chi connectivity index (χ1n) is 7.66. The minimum absolute atomic E-state index is 0.0509. The Morgan fingerprint density at radius 2 is 2.04 bits per heavy atom. The van der Waals surface area contributed by atoms with Crippen molar-refractivity contribution in [1.82, 2.24) is 10.6 Å². The predicted octanol–water partition coefficient (Wildman–Crippen LogP) is 2.40. The van der Waals surface area contributed by atoms with Crippen LogP contribution in [0.1, 0.15) is 25.8 Å². The Kier molecular flexibility index (Phi) is 8.24. The third kappa shape index (κ3) is 7.78. The molecule has 1 rings (SSSR count). The molecule has 0 saturated carbocycles. The maximum absolute atomic E-state index is 13.8. The van der Waals surface area contributed by atoms with Crippen LogP contribution in [0.5, 0.6) is 0 Å². The van der Waals surface area contributed by atoms with E-state index >= 15 is 0 Å². The Morgan fingerprint density at radius 3 is 2.64 bits per heavy atom. The Labute approximate surface area is 153 Å². The van der Waals surface area contributed by atoms with E-state index < -0.39 is 23.8 Å². The van der Waals surface area contributed by atoms with E-state index in [4.69, 9.17) is 5.73 Å². The summed E-state index contributed by atoms with van der Waals surface area (Å²) in [5, 5.41) is 5.14. The van der Waals surface area contributed by atoms with Gasteiger partial charge in [-0.1, -0.05) is 13.8 Å². The summed E-state index contributed by atoms with van der Waals surface area (Å²) in [5.41, 5.74) is 5.38. The van der Waals surface area contributed by atoms with Gasteiger partial charge in [-0.05, 0) is 42.1 Å². The highest BCUT2D eigenvalue weighted by atomic mass is 79.9. The molecule has 9 heteroatoms. The molecule has 0 aromatic heterocycles. The second-order valence-corrected chi connectivity index (χ2v) is 6.82. The molecule has 0 spiro atoms. The molecular formula is C16H22BrF2N3O3. The summed E-state index contributed by atoms with van der Waals surface area (Å²) in [4.78, 5) is 23.5. The van der Waals surface area contributed by atoms with E-state index in [0.717, 1.165) is 18.2 Å². The van der Waals surface area contributed by atoms with Gasteiger partial charge in [0.05, 0.1) is 0 Å². The van der Waals surface area contributed by atoms with Crippen LogP contribution in [0.2, 0.25) is 0 Å². The number of benzene rings is 1. The van der Waals surface area contributed by atoms with Gasteiger partial charge in [-0.15, -0.1) is 0 Å². The van der Waals surface area contributed by atoms with Crippen molar-refractivity contribution >= 4 is 28.3 Å². The highest BCUT2D eigenvalue weighted by molar-refractivity contribution is 9.06. The fraction of sp³-hybridized carbons (Fsp3) is 0.500. The fourth-order valence-corrected chi connectivity index (χ4v) is 2.13. The lowest BCUT2D eigenvalue weighted by molar-refractivity contribution is -0.121. The second kappa shape index (κ2) is 9.67. The van der Waals surface area contributed by atoms with E-state index in [1.165, 1.54) is 0 Å². The number of nitrogens with two attached hydrogens (primary N) is 1. The van der Waals surface area contributed by atoms with E-state index in [1.807, 2.05) is 13.8 Å². The third-order valence-corrected chi connectivity index (χ3v) is 3.91. The molecule has 140 valence electrons. The number of hydrogen-bond donors (Lipinski definition) is 3. The van der Waals surface area contributed by atoms with Crippen molar-refractivity contribution < 1.29 is 22.2 Å². The Balaban J connectivity index is 2.77. The summed E-state index contributed by atoms with van der Waals surface area (Å²) in [5.74, 6) is -1.57. The first kappa shape index (κ1) is 21.3. The number of carbonyl (C=O) groups excluding carboxylic acids is 2. The van der Waals surface area contributed by atoms with Crippen molar-refractivity contribution in [2.45, 2.75) is 32.7 Å². The van der Waals surface area contributed by atoms with Crippen LogP contribution in [0.4, 0.5) is 13.6 Å². The van der Waals surface area contributed by atoms with Gasteiger partial charge in [-0.25, -0.2) is 13.6 Å². The molecule has 25 heavy (non-hydrogen) atoms. The molecule has 1 aromatic rings. The van der Waals surface area contributed by atoms with Crippen molar-refractivity contribution in [3.8, 4) is 0 Å². The summed E-state index contributed by atoms with van der Waals surface area (Å²) in [6, 6.07) is 2.24. The van der Waals surface area contributed by atoms with E-state index in [9.17, 15) is 18.4 Å². The zero-order chi connectivity index (χ0) is 19.0. The van der Waals surface area contributed by atoms with Gasteiger partial charge in [0, 0.05) is 19.0 Å². The average Bonchev–Trinajstić information content (AvgIpc) is 2.56. The third-order valence-electron chi connectivity index (χ3n) is 3.61. The lowest BCUT2D eigenvalue weighted by Gasteiger charge is -2.24. The molecule has 1 unspecified atom stereocenters. The highest BCUT2D eigenvalue weighted by Gasteiger charge is 2.22. The van der Waals surface area contributed by atoms with Gasteiger partial charge >= 0.3 is 6.09 Å². The van der Waals surface area contributed by atoms with Gasteiger partial charge in [-0.3, -0.25) is 4.79 Å². The van der Waals surface area contributed by atoms with Gasteiger partial charge in [0.25, 0.3) is 0 Å². The predicted molar refractivity (Wildman–Crippen MR) is 92.9 cm³/mol. The minimum Gasteiger partial charge on any atom is -0.367 e. The lowest BCUT2D eigenvalue weighted by Crippen LogP contribution is -2.43. The fourth-order valence-electron chi connectivity index (χ4n) is 2.03. The molecule has 0 bridgehead atoms. The normalized spacial score (nSPS) is 12.4. The van der Waals surface area contributed by atoms with E-state index in [-0.39, 0.29) is 29.7 Å². The van der Waals surface area contributed by atoms with Crippen LogP contribution in [0, 0.1) is 17.0 Å². The molecule has 0 fully saturated rings. The Bertz CT molecular complexity index is 614. The van der Waals surface area contributed by atoms with Crippen molar-refractivity contribution in [2.75, 3.05) is 13.1 Å². The van der Waals surface area contributed by atoms with Crippen LogP contribution in [0.25, 0.3) is 0 Å². The molecule has 1 atom stereocenters. The molecule has 0 aliphatic carbocycles. The molecule has 2 amide bonds. The van der Waals surface area contributed by atoms with Crippen molar-refractivity contribution in [3.05, 3.63) is 35.4 Å². The zero-order valence-electron chi connectivity index (χ0n) is 14.1. The summed E-state index contributed by atoms with van der Waals surface area (Å²) in [6.45, 7) is 4.53. The number of halogens is 3. The maximum Gasteiger partial charge on any atom is 0.419 e. The number of rotatable bonds is 8. The van der Waals surface area contributed by atoms with E-state index in [2.05, 4.69) is 30.7 Å². The van der Waals surface area contributed by atoms with E-state index in [0.29, 0.717) is 13.1 Å². The Morgan fingerprint density at radius 1 is 1.36 bits per heavy atom. The van der Waals surface area contributed by atoms with Gasteiger partial charge in [0.15, 0.2) is 16.3 Å². The summed E-state index contributed by atoms with van der Waals surface area (Å²) in [6.07, 6.45) is -1.03. The number of nitrogens with one attached hydrogen (secondary N) is 2. The Hall–Kier alpha value is -1.74. The quantitative estimate of drug-likeness (QED) is 0.600. The number of hydrogen-bond acceptors (Lipinski definition) is 4. The molecule has 0 saturated heterocycles. The van der Waals surface area contributed by atoms with Crippen molar-refractivity contribution in [2.24, 2.45) is 11.1 Å². The van der Waals surface area contributed by atoms with Crippen LogP contribution < -0.4 is 16.4 Å². The van der Waals surface area contributed by atoms with Crippen molar-refractivity contribution in [1.29, 1.82) is 0 Å². The number of amides is 2. The maximum atomic E-state index is 13.8. The average molecular weight is 422 g/mol. The molecular weight excluding hydrogens is 400 g/mol. The molecule has 4 N–H and O–H groups in total. The van der Waals surface area contributed by atoms with Crippen molar-refractivity contribution in [3.63, 3.8) is 0 Å². The molecule has 6 nitrogen and oxygen atoms in total. The largest absolute Gasteiger partial charge is 0.419 e. The summed E-state index contributed by atoms with van der Waals surface area (Å²) >= 11 is 2.53.